The number of carboxylic acids is 2. The lowest BCUT2D eigenvalue weighted by molar-refractivity contribution is -0.134. The molecule has 2 unspecified atom stereocenters. The first kappa shape index (κ1) is 22.5. The van der Waals surface area contributed by atoms with E-state index in [1.54, 1.807) is 0 Å². The van der Waals surface area contributed by atoms with Gasteiger partial charge in [-0.2, -0.15) is 0 Å². The van der Waals surface area contributed by atoms with E-state index in [1.807, 2.05) is 6.20 Å². The third-order valence-corrected chi connectivity index (χ3v) is 6.20. The number of rotatable bonds is 4. The van der Waals surface area contributed by atoms with Crippen LogP contribution in [0.1, 0.15) is 5.56 Å². The van der Waals surface area contributed by atoms with E-state index in [1.165, 1.54) is 29.6 Å². The van der Waals surface area contributed by atoms with Gasteiger partial charge in [0.05, 0.1) is 5.69 Å². The molecule has 2 aliphatic rings. The van der Waals surface area contributed by atoms with E-state index < -0.39 is 11.9 Å². The van der Waals surface area contributed by atoms with Crippen LogP contribution in [0.25, 0.3) is 22.2 Å². The van der Waals surface area contributed by atoms with Gasteiger partial charge >= 0.3 is 11.9 Å². The van der Waals surface area contributed by atoms with Gasteiger partial charge in [-0.3, -0.25) is 0 Å². The molecule has 4 heterocycles. The predicted molar refractivity (Wildman–Crippen MR) is 125 cm³/mol. The molecule has 0 aliphatic carbocycles. The summed E-state index contributed by atoms with van der Waals surface area (Å²) in [5, 5.41) is 25.9. The van der Waals surface area contributed by atoms with Crippen molar-refractivity contribution in [1.29, 1.82) is 0 Å². The molecule has 9 nitrogen and oxygen atoms in total. The first-order valence-corrected chi connectivity index (χ1v) is 10.8. The Hall–Kier alpha value is -3.72. The van der Waals surface area contributed by atoms with Gasteiger partial charge in [0.15, 0.2) is 5.82 Å². The van der Waals surface area contributed by atoms with E-state index in [0.717, 1.165) is 42.0 Å². The molecule has 0 amide bonds. The minimum absolute atomic E-state index is 0.558. The number of likely N-dealkylation sites (tertiary alicyclic amines) is 1. The molecule has 9 heteroatoms. The predicted octanol–water partition coefficient (Wildman–Crippen LogP) is 2.64. The van der Waals surface area contributed by atoms with E-state index in [0.29, 0.717) is 12.2 Å². The minimum Gasteiger partial charge on any atom is -0.478 e. The second-order valence-electron chi connectivity index (χ2n) is 8.66. The number of benzene rings is 1. The van der Waals surface area contributed by atoms with Crippen LogP contribution in [0.5, 0.6) is 0 Å². The molecular formula is C24H27N5O4. The summed E-state index contributed by atoms with van der Waals surface area (Å²) >= 11 is 0. The quantitative estimate of drug-likeness (QED) is 0.520. The topological polar surface area (TPSA) is 123 Å². The molecule has 3 N–H and O–H groups in total. The molecule has 2 aromatic heterocycles. The number of aromatic nitrogens is 3. The maximum absolute atomic E-state index is 9.55. The molecule has 0 bridgehead atoms. The summed E-state index contributed by atoms with van der Waals surface area (Å²) < 4.78 is 0. The number of anilines is 1. The number of carboxylic acid groups (broad SMARTS) is 2. The molecule has 172 valence electrons. The molecule has 3 aromatic rings. The summed E-state index contributed by atoms with van der Waals surface area (Å²) in [5.41, 5.74) is 4.48. The number of aromatic amines is 1. The van der Waals surface area contributed by atoms with Crippen LogP contribution in [-0.2, 0) is 9.59 Å². The fourth-order valence-corrected chi connectivity index (χ4v) is 4.62. The van der Waals surface area contributed by atoms with E-state index in [9.17, 15) is 9.59 Å². The molecule has 0 spiro atoms. The monoisotopic (exact) mass is 449 g/mol. The Kier molecular flexibility index (Phi) is 6.41. The smallest absolute Gasteiger partial charge is 0.328 e. The zero-order chi connectivity index (χ0) is 23.5. The van der Waals surface area contributed by atoms with Gasteiger partial charge in [0, 0.05) is 61.0 Å². The van der Waals surface area contributed by atoms with Crippen molar-refractivity contribution >= 4 is 28.7 Å². The Morgan fingerprint density at radius 1 is 1.00 bits per heavy atom. The summed E-state index contributed by atoms with van der Waals surface area (Å²) in [4.78, 5) is 27.2. The Labute approximate surface area is 191 Å². The van der Waals surface area contributed by atoms with Crippen LogP contribution in [-0.4, -0.2) is 75.5 Å². The summed E-state index contributed by atoms with van der Waals surface area (Å²) in [6.07, 6.45) is 3.16. The van der Waals surface area contributed by atoms with Crippen LogP contribution in [0.15, 0.2) is 48.7 Å². The van der Waals surface area contributed by atoms with Crippen molar-refractivity contribution in [3.05, 3.63) is 54.2 Å². The van der Waals surface area contributed by atoms with Crippen molar-refractivity contribution in [3.63, 3.8) is 0 Å². The molecular weight excluding hydrogens is 422 g/mol. The summed E-state index contributed by atoms with van der Waals surface area (Å²) in [5.74, 6) is 0.0652. The van der Waals surface area contributed by atoms with E-state index in [2.05, 4.69) is 69.3 Å². The minimum atomic E-state index is -1.26. The molecule has 2 saturated heterocycles. The van der Waals surface area contributed by atoms with Crippen LogP contribution >= 0.6 is 0 Å². The molecule has 2 fully saturated rings. The second-order valence-corrected chi connectivity index (χ2v) is 8.66. The molecule has 2 atom stereocenters. The van der Waals surface area contributed by atoms with Gasteiger partial charge in [-0.1, -0.05) is 6.07 Å². The van der Waals surface area contributed by atoms with Crippen molar-refractivity contribution in [1.82, 2.24) is 20.1 Å². The maximum Gasteiger partial charge on any atom is 0.328 e. The average Bonchev–Trinajstić information content (AvgIpc) is 3.45. The summed E-state index contributed by atoms with van der Waals surface area (Å²) in [6.45, 7) is 6.76. The third-order valence-electron chi connectivity index (χ3n) is 6.20. The Bertz CT molecular complexity index is 1160. The van der Waals surface area contributed by atoms with Crippen molar-refractivity contribution < 1.29 is 19.8 Å². The highest BCUT2D eigenvalue weighted by atomic mass is 16.4. The van der Waals surface area contributed by atoms with Gasteiger partial charge in [0.2, 0.25) is 0 Å². The highest BCUT2D eigenvalue weighted by molar-refractivity contribution is 5.89. The standard InChI is InChI=1S/C20H23N5.C4H4O4/c1-13-8-21-19-4-3-14(7-17(13)19)18-5-6-20(23-22-18)25-11-15-9-24(2)10-16(15)12-25;5-3(6)1-2-4(7)8/h3-8,15-16,21H,9-12H2,1-2H3;1-2H,(H,5,6)(H,7,8)/b;2-1+. The van der Waals surface area contributed by atoms with Crippen molar-refractivity contribution in [3.8, 4) is 11.3 Å². The molecule has 5 rings (SSSR count). The van der Waals surface area contributed by atoms with Gasteiger partial charge < -0.3 is 25.0 Å². The molecule has 33 heavy (non-hydrogen) atoms. The number of carbonyl (C=O) groups is 2. The zero-order valence-corrected chi connectivity index (χ0v) is 18.6. The highest BCUT2D eigenvalue weighted by Crippen LogP contribution is 2.33. The zero-order valence-electron chi connectivity index (χ0n) is 18.6. The van der Waals surface area contributed by atoms with Crippen LogP contribution in [0.3, 0.4) is 0 Å². The third kappa shape index (κ3) is 5.20. The number of fused-ring (bicyclic) bond motifs is 2. The first-order valence-electron chi connectivity index (χ1n) is 10.8. The van der Waals surface area contributed by atoms with Crippen LogP contribution in [0.2, 0.25) is 0 Å². The SMILES string of the molecule is Cc1c[nH]c2ccc(-c3ccc(N4CC5CN(C)CC5C4)nn3)cc12.O=C(O)/C=C/C(=O)O. The van der Waals surface area contributed by atoms with E-state index in [-0.39, 0.29) is 0 Å². The number of hydrogen-bond acceptors (Lipinski definition) is 6. The van der Waals surface area contributed by atoms with Gasteiger partial charge in [0.1, 0.15) is 0 Å². The van der Waals surface area contributed by atoms with E-state index in [4.69, 9.17) is 10.2 Å². The largest absolute Gasteiger partial charge is 0.478 e. The lowest BCUT2D eigenvalue weighted by Gasteiger charge is -2.19. The number of H-pyrrole nitrogens is 1. The molecule has 1 aromatic carbocycles. The second kappa shape index (κ2) is 9.41. The average molecular weight is 450 g/mol. The number of hydrogen-bond donors (Lipinski definition) is 3. The van der Waals surface area contributed by atoms with Gasteiger partial charge in [-0.25, -0.2) is 9.59 Å². The lowest BCUT2D eigenvalue weighted by Crippen LogP contribution is -2.27. The normalized spacial score (nSPS) is 20.1. The lowest BCUT2D eigenvalue weighted by atomic mass is 10.0. The number of aliphatic carboxylic acids is 2. The van der Waals surface area contributed by atoms with Crippen molar-refractivity contribution in [2.45, 2.75) is 6.92 Å². The molecule has 0 saturated carbocycles. The van der Waals surface area contributed by atoms with Crippen molar-refractivity contribution in [2.75, 3.05) is 38.1 Å². The molecule has 0 radical (unpaired) electrons. The van der Waals surface area contributed by atoms with Gasteiger partial charge in [-0.15, -0.1) is 10.2 Å². The fraction of sp³-hybridized carbons (Fsp3) is 0.333. The molecule has 2 aliphatic heterocycles. The van der Waals surface area contributed by atoms with Crippen LogP contribution in [0.4, 0.5) is 5.82 Å². The Morgan fingerprint density at radius 3 is 2.24 bits per heavy atom. The van der Waals surface area contributed by atoms with Gasteiger partial charge in [-0.05, 0) is 55.6 Å². The number of nitrogens with one attached hydrogen (secondary N) is 1. The Morgan fingerprint density at radius 2 is 1.67 bits per heavy atom. The number of aryl methyl sites for hydroxylation is 1. The Balaban J connectivity index is 0.000000281. The highest BCUT2D eigenvalue weighted by Gasteiger charge is 2.39. The van der Waals surface area contributed by atoms with Crippen molar-refractivity contribution in [2.24, 2.45) is 11.8 Å². The maximum atomic E-state index is 9.55. The summed E-state index contributed by atoms with van der Waals surface area (Å²) in [6, 6.07) is 10.7. The van der Waals surface area contributed by atoms with Crippen LogP contribution in [0, 0.1) is 18.8 Å². The van der Waals surface area contributed by atoms with Crippen LogP contribution < -0.4 is 4.90 Å². The fourth-order valence-electron chi connectivity index (χ4n) is 4.62. The van der Waals surface area contributed by atoms with Gasteiger partial charge in [0.25, 0.3) is 0 Å². The first-order chi connectivity index (χ1) is 15.8. The number of nitrogens with zero attached hydrogens (tertiary/aromatic N) is 4. The van der Waals surface area contributed by atoms with E-state index >= 15 is 0 Å². The summed E-state index contributed by atoms with van der Waals surface area (Å²) in [7, 11) is 2.22.